The summed E-state index contributed by atoms with van der Waals surface area (Å²) in [7, 11) is 0. The van der Waals surface area contributed by atoms with Crippen LogP contribution < -0.4 is 5.56 Å². The van der Waals surface area contributed by atoms with E-state index in [-0.39, 0.29) is 17.1 Å². The van der Waals surface area contributed by atoms with Crippen molar-refractivity contribution in [1.82, 2.24) is 19.7 Å². The van der Waals surface area contributed by atoms with Crippen molar-refractivity contribution in [3.05, 3.63) is 81.2 Å². The summed E-state index contributed by atoms with van der Waals surface area (Å²) in [6.45, 7) is 2.00. The number of aryl methyl sites for hydroxylation is 1. The van der Waals surface area contributed by atoms with Crippen molar-refractivity contribution in [2.45, 2.75) is 12.1 Å². The van der Waals surface area contributed by atoms with Gasteiger partial charge in [-0.05, 0) is 43.3 Å². The smallest absolute Gasteiger partial charge is 0.262 e. The summed E-state index contributed by atoms with van der Waals surface area (Å²) in [5.74, 6) is 0.0748. The largest absolute Gasteiger partial charge is 0.301 e. The normalized spacial score (nSPS) is 11.1. The predicted molar refractivity (Wildman–Crippen MR) is 111 cm³/mol. The lowest BCUT2D eigenvalue weighted by molar-refractivity contribution is 0.102. The lowest BCUT2D eigenvalue weighted by Gasteiger charge is -2.05. The molecule has 0 amide bonds. The number of nitrogens with one attached hydrogen (secondary N) is 1. The number of fused-ring (bicyclic) bond motifs is 1. The maximum absolute atomic E-state index is 12.4. The monoisotopic (exact) mass is 410 g/mol. The van der Waals surface area contributed by atoms with Gasteiger partial charge in [0.1, 0.15) is 5.39 Å². The highest BCUT2D eigenvalue weighted by Gasteiger charge is 2.13. The molecule has 0 fully saturated rings. The van der Waals surface area contributed by atoms with Gasteiger partial charge >= 0.3 is 0 Å². The van der Waals surface area contributed by atoms with Crippen LogP contribution in [0, 0.1) is 6.92 Å². The predicted octanol–water partition coefficient (Wildman–Crippen LogP) is 4.05. The first kappa shape index (κ1) is 18.5. The fourth-order valence-electron chi connectivity index (χ4n) is 2.69. The Hall–Kier alpha value is -2.90. The first-order chi connectivity index (χ1) is 13.5. The Balaban J connectivity index is 1.62. The van der Waals surface area contributed by atoms with Gasteiger partial charge in [-0.1, -0.05) is 41.1 Å². The number of halogens is 1. The highest BCUT2D eigenvalue weighted by atomic mass is 35.5. The Kier molecular flexibility index (Phi) is 5.02. The molecule has 0 saturated heterocycles. The molecule has 0 aliphatic rings. The van der Waals surface area contributed by atoms with Gasteiger partial charge in [-0.2, -0.15) is 5.10 Å². The van der Waals surface area contributed by atoms with Gasteiger partial charge in [0, 0.05) is 10.6 Å². The SMILES string of the molecule is Cc1ccc(-n2ncc3c(=O)[nH]c(SCC(=O)c4ccc(Cl)cc4)nc32)cc1. The molecule has 0 radical (unpaired) electrons. The number of thioether (sulfide) groups is 1. The maximum Gasteiger partial charge on any atom is 0.262 e. The first-order valence-electron chi connectivity index (χ1n) is 8.48. The minimum atomic E-state index is -0.287. The van der Waals surface area contributed by atoms with Crippen LogP contribution in [0.2, 0.25) is 5.02 Å². The molecular formula is C20H15ClN4O2S. The molecule has 2 aromatic heterocycles. The molecular weight excluding hydrogens is 396 g/mol. The standard InChI is InChI=1S/C20H15ClN4O2S/c1-12-2-8-15(9-3-12)25-18-16(10-22-25)19(27)24-20(23-18)28-11-17(26)13-4-6-14(21)7-5-13/h2-10H,11H2,1H3,(H,23,24,27). The van der Waals surface area contributed by atoms with E-state index < -0.39 is 0 Å². The van der Waals surface area contributed by atoms with Gasteiger partial charge in [-0.25, -0.2) is 9.67 Å². The van der Waals surface area contributed by atoms with E-state index in [0.29, 0.717) is 26.8 Å². The van der Waals surface area contributed by atoms with Crippen LogP contribution in [0.25, 0.3) is 16.7 Å². The molecule has 2 aromatic carbocycles. The molecule has 8 heteroatoms. The van der Waals surface area contributed by atoms with Crippen LogP contribution >= 0.6 is 23.4 Å². The van der Waals surface area contributed by atoms with Gasteiger partial charge in [0.2, 0.25) is 0 Å². The number of hydrogen-bond donors (Lipinski definition) is 1. The molecule has 0 unspecified atom stereocenters. The van der Waals surface area contributed by atoms with Crippen LogP contribution in [0.5, 0.6) is 0 Å². The fourth-order valence-corrected chi connectivity index (χ4v) is 3.57. The molecule has 4 aromatic rings. The van der Waals surface area contributed by atoms with Gasteiger partial charge in [0.05, 0.1) is 17.6 Å². The van der Waals surface area contributed by atoms with Crippen LogP contribution in [-0.2, 0) is 0 Å². The number of H-pyrrole nitrogens is 1. The van der Waals surface area contributed by atoms with Gasteiger partial charge < -0.3 is 4.98 Å². The topological polar surface area (TPSA) is 80.6 Å². The summed E-state index contributed by atoms with van der Waals surface area (Å²) in [5, 5.41) is 5.63. The van der Waals surface area contributed by atoms with E-state index in [2.05, 4.69) is 15.1 Å². The zero-order valence-corrected chi connectivity index (χ0v) is 16.4. The molecule has 0 aliphatic carbocycles. The number of hydrogen-bond acceptors (Lipinski definition) is 5. The molecule has 0 bridgehead atoms. The van der Waals surface area contributed by atoms with Crippen molar-refractivity contribution in [3.8, 4) is 5.69 Å². The zero-order chi connectivity index (χ0) is 19.7. The highest BCUT2D eigenvalue weighted by molar-refractivity contribution is 7.99. The van der Waals surface area contributed by atoms with Crippen molar-refractivity contribution < 1.29 is 4.79 Å². The summed E-state index contributed by atoms with van der Waals surface area (Å²) in [6, 6.07) is 14.5. The van der Waals surface area contributed by atoms with Crippen molar-refractivity contribution in [3.63, 3.8) is 0 Å². The van der Waals surface area contributed by atoms with Crippen molar-refractivity contribution >= 4 is 40.2 Å². The summed E-state index contributed by atoms with van der Waals surface area (Å²) < 4.78 is 1.62. The van der Waals surface area contributed by atoms with E-state index in [1.165, 1.54) is 18.0 Å². The zero-order valence-electron chi connectivity index (χ0n) is 14.8. The number of benzene rings is 2. The first-order valence-corrected chi connectivity index (χ1v) is 9.84. The molecule has 0 aliphatic heterocycles. The average Bonchev–Trinajstić information content (AvgIpc) is 3.12. The van der Waals surface area contributed by atoms with E-state index in [1.54, 1.807) is 28.9 Å². The van der Waals surface area contributed by atoms with E-state index in [4.69, 9.17) is 11.6 Å². The van der Waals surface area contributed by atoms with Gasteiger partial charge in [0.25, 0.3) is 5.56 Å². The Morgan fingerprint density at radius 1 is 1.14 bits per heavy atom. The minimum absolute atomic E-state index is 0.0727. The van der Waals surface area contributed by atoms with Crippen LogP contribution in [0.4, 0.5) is 0 Å². The van der Waals surface area contributed by atoms with Gasteiger partial charge in [0.15, 0.2) is 16.6 Å². The number of ketones is 1. The third kappa shape index (κ3) is 3.72. The number of carbonyl (C=O) groups is 1. The number of aromatic nitrogens is 4. The molecule has 2 heterocycles. The Morgan fingerprint density at radius 3 is 2.57 bits per heavy atom. The van der Waals surface area contributed by atoms with Crippen molar-refractivity contribution in [2.24, 2.45) is 0 Å². The van der Waals surface area contributed by atoms with Crippen LogP contribution in [-0.4, -0.2) is 31.3 Å². The molecule has 140 valence electrons. The highest BCUT2D eigenvalue weighted by Crippen LogP contribution is 2.19. The summed E-state index contributed by atoms with van der Waals surface area (Å²) in [5.41, 5.74) is 2.67. The maximum atomic E-state index is 12.4. The van der Waals surface area contributed by atoms with E-state index in [1.807, 2.05) is 31.2 Å². The lowest BCUT2D eigenvalue weighted by atomic mass is 10.1. The van der Waals surface area contributed by atoms with Crippen LogP contribution in [0.3, 0.4) is 0 Å². The van der Waals surface area contributed by atoms with Crippen molar-refractivity contribution in [1.29, 1.82) is 0 Å². The molecule has 28 heavy (non-hydrogen) atoms. The second-order valence-electron chi connectivity index (χ2n) is 6.22. The van der Waals surface area contributed by atoms with Crippen molar-refractivity contribution in [2.75, 3.05) is 5.75 Å². The third-order valence-corrected chi connectivity index (χ3v) is 5.33. The number of rotatable bonds is 5. The Labute approximate surface area is 169 Å². The number of Topliss-reactive ketones (excluding diaryl/α,β-unsaturated/α-hetero) is 1. The molecule has 6 nitrogen and oxygen atoms in total. The number of nitrogens with zero attached hydrogens (tertiary/aromatic N) is 3. The molecule has 4 rings (SSSR count). The molecule has 1 N–H and O–H groups in total. The molecule has 0 spiro atoms. The second-order valence-corrected chi connectivity index (χ2v) is 7.62. The summed E-state index contributed by atoms with van der Waals surface area (Å²) >= 11 is 7.03. The number of carbonyl (C=O) groups excluding carboxylic acids is 1. The Bertz CT molecular complexity index is 1210. The van der Waals surface area contributed by atoms with E-state index in [0.717, 1.165) is 11.3 Å². The quantitative estimate of drug-likeness (QED) is 0.305. The van der Waals surface area contributed by atoms with Gasteiger partial charge in [-0.15, -0.1) is 0 Å². The van der Waals surface area contributed by atoms with Crippen LogP contribution in [0.1, 0.15) is 15.9 Å². The summed E-state index contributed by atoms with van der Waals surface area (Å²) in [6.07, 6.45) is 1.49. The average molecular weight is 411 g/mol. The Morgan fingerprint density at radius 2 is 1.86 bits per heavy atom. The minimum Gasteiger partial charge on any atom is -0.301 e. The lowest BCUT2D eigenvalue weighted by Crippen LogP contribution is -2.11. The molecule has 0 atom stereocenters. The van der Waals surface area contributed by atoms with Crippen LogP contribution in [0.15, 0.2) is 64.7 Å². The fraction of sp³-hybridized carbons (Fsp3) is 0.100. The van der Waals surface area contributed by atoms with E-state index in [9.17, 15) is 9.59 Å². The molecule has 0 saturated carbocycles. The van der Waals surface area contributed by atoms with Gasteiger partial charge in [-0.3, -0.25) is 9.59 Å². The number of aromatic amines is 1. The third-order valence-electron chi connectivity index (χ3n) is 4.20. The summed E-state index contributed by atoms with van der Waals surface area (Å²) in [4.78, 5) is 32.0. The van der Waals surface area contributed by atoms with E-state index >= 15 is 0 Å². The second kappa shape index (κ2) is 7.61.